The number of benzene rings is 1. The lowest BCUT2D eigenvalue weighted by molar-refractivity contribution is 0.0601. The van der Waals surface area contributed by atoms with Gasteiger partial charge >= 0.3 is 5.97 Å². The van der Waals surface area contributed by atoms with Crippen molar-refractivity contribution in [3.63, 3.8) is 0 Å². The van der Waals surface area contributed by atoms with Crippen LogP contribution >= 0.6 is 0 Å². The van der Waals surface area contributed by atoms with Crippen molar-refractivity contribution in [2.75, 3.05) is 32.7 Å². The van der Waals surface area contributed by atoms with Crippen LogP contribution in [0.5, 0.6) is 0 Å². The van der Waals surface area contributed by atoms with E-state index in [1.165, 1.54) is 25.4 Å². The predicted molar refractivity (Wildman–Crippen MR) is 98.8 cm³/mol. The highest BCUT2D eigenvalue weighted by Crippen LogP contribution is 2.17. The zero-order valence-corrected chi connectivity index (χ0v) is 15.2. The highest BCUT2D eigenvalue weighted by Gasteiger charge is 2.16. The molecule has 0 atom stereocenters. The van der Waals surface area contributed by atoms with Crippen LogP contribution in [0.3, 0.4) is 0 Å². The van der Waals surface area contributed by atoms with Crippen LogP contribution in [0.15, 0.2) is 42.6 Å². The van der Waals surface area contributed by atoms with E-state index in [2.05, 4.69) is 15.6 Å². The van der Waals surface area contributed by atoms with Crippen LogP contribution in [-0.2, 0) is 9.47 Å². The van der Waals surface area contributed by atoms with E-state index in [1.807, 2.05) is 0 Å². The molecule has 1 aromatic heterocycles. The molecule has 2 aromatic rings. The molecule has 0 fully saturated rings. The number of hydrogen-bond donors (Lipinski definition) is 2. The number of nitrogens with zero attached hydrogens (tertiary/aromatic N) is 1. The van der Waals surface area contributed by atoms with Gasteiger partial charge in [-0.15, -0.1) is 0 Å². The summed E-state index contributed by atoms with van der Waals surface area (Å²) in [4.78, 5) is 40.4. The van der Waals surface area contributed by atoms with Gasteiger partial charge in [0.15, 0.2) is 0 Å². The Labute approximate surface area is 156 Å². The number of carbonyl (C=O) groups is 3. The average Bonchev–Trinajstić information content (AvgIpc) is 2.71. The number of rotatable bonds is 8. The Hall–Kier alpha value is -3.26. The molecule has 0 unspecified atom stereocenters. The smallest absolute Gasteiger partial charge is 0.339 e. The minimum absolute atomic E-state index is 0.126. The minimum Gasteiger partial charge on any atom is -0.465 e. The van der Waals surface area contributed by atoms with Gasteiger partial charge < -0.3 is 20.1 Å². The summed E-state index contributed by atoms with van der Waals surface area (Å²) >= 11 is 0. The van der Waals surface area contributed by atoms with Crippen molar-refractivity contribution in [2.45, 2.75) is 6.42 Å². The summed E-state index contributed by atoms with van der Waals surface area (Å²) in [6.45, 7) is 0.979. The maximum absolute atomic E-state index is 12.5. The minimum atomic E-state index is -0.559. The Morgan fingerprint density at radius 2 is 1.85 bits per heavy atom. The first-order chi connectivity index (χ1) is 13.1. The fourth-order valence-corrected chi connectivity index (χ4v) is 2.28. The first kappa shape index (κ1) is 20.1. The number of amides is 2. The largest absolute Gasteiger partial charge is 0.465 e. The van der Waals surface area contributed by atoms with E-state index in [1.54, 1.807) is 31.4 Å². The molecule has 8 heteroatoms. The monoisotopic (exact) mass is 371 g/mol. The molecule has 0 saturated carbocycles. The van der Waals surface area contributed by atoms with E-state index in [0.717, 1.165) is 0 Å². The average molecular weight is 371 g/mol. The zero-order chi connectivity index (χ0) is 19.6. The topological polar surface area (TPSA) is 107 Å². The fourth-order valence-electron chi connectivity index (χ4n) is 2.28. The second kappa shape index (κ2) is 10.0. The van der Waals surface area contributed by atoms with Crippen LogP contribution in [0, 0.1) is 0 Å². The first-order valence-corrected chi connectivity index (χ1v) is 8.28. The van der Waals surface area contributed by atoms with Crippen molar-refractivity contribution < 1.29 is 23.9 Å². The van der Waals surface area contributed by atoms with E-state index in [0.29, 0.717) is 25.3 Å². The molecule has 1 heterocycles. The summed E-state index contributed by atoms with van der Waals surface area (Å²) in [7, 11) is 2.85. The van der Waals surface area contributed by atoms with Gasteiger partial charge in [0.1, 0.15) is 5.69 Å². The normalized spacial score (nSPS) is 10.1. The maximum Gasteiger partial charge on any atom is 0.339 e. The van der Waals surface area contributed by atoms with E-state index < -0.39 is 11.9 Å². The predicted octanol–water partition coefficient (Wildman–Crippen LogP) is 1.89. The van der Waals surface area contributed by atoms with Gasteiger partial charge in [0, 0.05) is 32.0 Å². The second-order valence-electron chi connectivity index (χ2n) is 5.52. The molecule has 0 spiro atoms. The number of carbonyl (C=O) groups excluding carboxylic acids is 3. The standard InChI is InChI=1S/C19H21N3O5/c1-26-11-5-9-21-18(24)16-12-13(8-10-20-16)17(23)22-15-7-4-3-6-14(15)19(25)27-2/h3-4,6-8,10,12H,5,9,11H2,1-2H3,(H,21,24)(H,22,23). The highest BCUT2D eigenvalue weighted by atomic mass is 16.5. The SMILES string of the molecule is COCCCNC(=O)c1cc(C(=O)Nc2ccccc2C(=O)OC)ccn1. The lowest BCUT2D eigenvalue weighted by Crippen LogP contribution is -2.26. The van der Waals surface area contributed by atoms with Crippen LogP contribution in [-0.4, -0.2) is 50.1 Å². The molecule has 2 amide bonds. The molecule has 0 aliphatic heterocycles. The molecule has 0 aliphatic rings. The number of aromatic nitrogens is 1. The van der Waals surface area contributed by atoms with Crippen molar-refractivity contribution in [1.82, 2.24) is 10.3 Å². The Morgan fingerprint density at radius 1 is 1.07 bits per heavy atom. The molecule has 142 valence electrons. The van der Waals surface area contributed by atoms with Crippen LogP contribution in [0.4, 0.5) is 5.69 Å². The van der Waals surface area contributed by atoms with Crippen LogP contribution in [0.1, 0.15) is 37.6 Å². The third kappa shape index (κ3) is 5.61. The van der Waals surface area contributed by atoms with Crippen molar-refractivity contribution in [3.05, 3.63) is 59.4 Å². The van der Waals surface area contributed by atoms with Gasteiger partial charge in [0.05, 0.1) is 18.4 Å². The van der Waals surface area contributed by atoms with Gasteiger partial charge in [0.2, 0.25) is 0 Å². The molecular weight excluding hydrogens is 350 g/mol. The number of ether oxygens (including phenoxy) is 2. The van der Waals surface area contributed by atoms with E-state index in [-0.39, 0.29) is 22.7 Å². The van der Waals surface area contributed by atoms with Crippen molar-refractivity contribution in [3.8, 4) is 0 Å². The molecule has 0 saturated heterocycles. The van der Waals surface area contributed by atoms with E-state index in [4.69, 9.17) is 9.47 Å². The number of para-hydroxylation sites is 1. The summed E-state index contributed by atoms with van der Waals surface area (Å²) in [5.41, 5.74) is 0.920. The summed E-state index contributed by atoms with van der Waals surface area (Å²) in [5, 5.41) is 5.36. The van der Waals surface area contributed by atoms with E-state index >= 15 is 0 Å². The lowest BCUT2D eigenvalue weighted by atomic mass is 10.1. The summed E-state index contributed by atoms with van der Waals surface area (Å²) in [6.07, 6.45) is 2.05. The van der Waals surface area contributed by atoms with Gasteiger partial charge in [0.25, 0.3) is 11.8 Å². The molecule has 27 heavy (non-hydrogen) atoms. The molecule has 8 nitrogen and oxygen atoms in total. The third-order valence-corrected chi connectivity index (χ3v) is 3.65. The number of hydrogen-bond acceptors (Lipinski definition) is 6. The Morgan fingerprint density at radius 3 is 2.59 bits per heavy atom. The van der Waals surface area contributed by atoms with Gasteiger partial charge in [-0.2, -0.15) is 0 Å². The maximum atomic E-state index is 12.5. The van der Waals surface area contributed by atoms with Crippen molar-refractivity contribution in [1.29, 1.82) is 0 Å². The summed E-state index contributed by atoms with van der Waals surface area (Å²) < 4.78 is 9.63. The molecular formula is C19H21N3O5. The Kier molecular flexibility index (Phi) is 7.45. The highest BCUT2D eigenvalue weighted by molar-refractivity contribution is 6.08. The third-order valence-electron chi connectivity index (χ3n) is 3.65. The molecule has 2 rings (SSSR count). The quantitative estimate of drug-likeness (QED) is 0.542. The second-order valence-corrected chi connectivity index (χ2v) is 5.52. The van der Waals surface area contributed by atoms with Crippen LogP contribution in [0.25, 0.3) is 0 Å². The van der Waals surface area contributed by atoms with Gasteiger partial charge in [-0.25, -0.2) is 4.79 Å². The van der Waals surface area contributed by atoms with E-state index in [9.17, 15) is 14.4 Å². The lowest BCUT2D eigenvalue weighted by Gasteiger charge is -2.10. The molecule has 0 aliphatic carbocycles. The van der Waals surface area contributed by atoms with Crippen LogP contribution in [0.2, 0.25) is 0 Å². The molecule has 2 N–H and O–H groups in total. The van der Waals surface area contributed by atoms with Gasteiger partial charge in [-0.1, -0.05) is 12.1 Å². The number of anilines is 1. The van der Waals surface area contributed by atoms with Crippen LogP contribution < -0.4 is 10.6 Å². The van der Waals surface area contributed by atoms with Gasteiger partial charge in [-0.05, 0) is 30.7 Å². The number of nitrogens with one attached hydrogen (secondary N) is 2. The summed E-state index contributed by atoms with van der Waals surface area (Å²) in [6, 6.07) is 9.37. The number of pyridine rings is 1. The van der Waals surface area contributed by atoms with Crippen molar-refractivity contribution >= 4 is 23.5 Å². The number of esters is 1. The Balaban J connectivity index is 2.10. The molecule has 0 bridgehead atoms. The number of methoxy groups -OCH3 is 2. The zero-order valence-electron chi connectivity index (χ0n) is 15.2. The molecule has 1 aromatic carbocycles. The van der Waals surface area contributed by atoms with Crippen molar-refractivity contribution in [2.24, 2.45) is 0 Å². The summed E-state index contributed by atoms with van der Waals surface area (Å²) in [5.74, 6) is -1.41. The molecule has 0 radical (unpaired) electrons. The fraction of sp³-hybridized carbons (Fsp3) is 0.263. The first-order valence-electron chi connectivity index (χ1n) is 8.28. The Bertz CT molecular complexity index is 822. The van der Waals surface area contributed by atoms with Gasteiger partial charge in [-0.3, -0.25) is 14.6 Å².